The molecule has 4 aromatic rings. The van der Waals surface area contributed by atoms with Crippen molar-refractivity contribution in [3.63, 3.8) is 0 Å². The molecular weight excluding hydrogens is 430 g/mol. The number of fused-ring (bicyclic) bond motifs is 1. The maximum absolute atomic E-state index is 12.1. The van der Waals surface area contributed by atoms with Gasteiger partial charge in [-0.25, -0.2) is 14.8 Å². The summed E-state index contributed by atoms with van der Waals surface area (Å²) in [5.74, 6) is 1.83. The van der Waals surface area contributed by atoms with Crippen molar-refractivity contribution in [1.29, 1.82) is 0 Å². The van der Waals surface area contributed by atoms with E-state index in [1.165, 1.54) is 6.33 Å². The molecule has 0 radical (unpaired) electrons. The number of amides is 2. The van der Waals surface area contributed by atoms with E-state index in [0.29, 0.717) is 23.0 Å². The molecule has 8 nitrogen and oxygen atoms in total. The van der Waals surface area contributed by atoms with Crippen molar-refractivity contribution >= 4 is 52.2 Å². The number of para-hydroxylation sites is 1. The Bertz CT molecular complexity index is 1200. The minimum absolute atomic E-state index is 0. The van der Waals surface area contributed by atoms with Crippen LogP contribution in [0.25, 0.3) is 10.9 Å². The smallest absolute Gasteiger partial charge is 0.323 e. The Morgan fingerprint density at radius 1 is 0.781 bits per heavy atom. The summed E-state index contributed by atoms with van der Waals surface area (Å²) in [6.07, 6.45) is 1.49. The lowest BCUT2D eigenvalue weighted by Gasteiger charge is -2.12. The van der Waals surface area contributed by atoms with Gasteiger partial charge in [0.15, 0.2) is 11.5 Å². The summed E-state index contributed by atoms with van der Waals surface area (Å²) < 4.78 is 10.7. The summed E-state index contributed by atoms with van der Waals surface area (Å²) in [5, 5.41) is 9.66. The van der Waals surface area contributed by atoms with Crippen molar-refractivity contribution in [2.45, 2.75) is 0 Å². The number of nitrogens with zero attached hydrogens (tertiary/aromatic N) is 2. The fourth-order valence-electron chi connectivity index (χ4n) is 3.07. The Kier molecular flexibility index (Phi) is 7.30. The van der Waals surface area contributed by atoms with Crippen molar-refractivity contribution in [2.24, 2.45) is 0 Å². The third-order valence-corrected chi connectivity index (χ3v) is 4.58. The molecule has 0 aliphatic rings. The summed E-state index contributed by atoms with van der Waals surface area (Å²) in [7, 11) is 3.17. The molecule has 0 aliphatic heterocycles. The zero-order valence-electron chi connectivity index (χ0n) is 17.5. The summed E-state index contributed by atoms with van der Waals surface area (Å²) >= 11 is 0. The van der Waals surface area contributed by atoms with Crippen LogP contribution in [-0.2, 0) is 0 Å². The van der Waals surface area contributed by atoms with Crippen LogP contribution >= 0.6 is 12.4 Å². The Morgan fingerprint density at radius 2 is 1.38 bits per heavy atom. The van der Waals surface area contributed by atoms with Crippen LogP contribution in [0.3, 0.4) is 0 Å². The zero-order valence-corrected chi connectivity index (χ0v) is 18.3. The van der Waals surface area contributed by atoms with E-state index < -0.39 is 0 Å². The molecular formula is C23H22ClN5O3. The predicted octanol–water partition coefficient (Wildman–Crippen LogP) is 5.46. The number of nitrogens with one attached hydrogen (secondary N) is 3. The van der Waals surface area contributed by atoms with Gasteiger partial charge in [0.1, 0.15) is 12.1 Å². The number of carbonyl (C=O) groups is 1. The number of carbonyl (C=O) groups excluding carboxylic acids is 1. The number of benzene rings is 3. The van der Waals surface area contributed by atoms with Gasteiger partial charge in [-0.2, -0.15) is 0 Å². The SMILES string of the molecule is COc1cc2ncnc(Nc3ccc(NC(=O)Nc4ccccc4)cc3)c2cc1OC.Cl. The van der Waals surface area contributed by atoms with Gasteiger partial charge in [-0.3, -0.25) is 0 Å². The largest absolute Gasteiger partial charge is 0.493 e. The normalized spacial score (nSPS) is 10.1. The van der Waals surface area contributed by atoms with E-state index in [4.69, 9.17) is 9.47 Å². The molecule has 0 saturated heterocycles. The number of halogens is 1. The maximum atomic E-state index is 12.1. The first kappa shape index (κ1) is 22.6. The molecule has 32 heavy (non-hydrogen) atoms. The van der Waals surface area contributed by atoms with Crippen molar-refractivity contribution < 1.29 is 14.3 Å². The second-order valence-corrected chi connectivity index (χ2v) is 6.59. The number of urea groups is 1. The first-order valence-electron chi connectivity index (χ1n) is 9.53. The van der Waals surface area contributed by atoms with E-state index in [2.05, 4.69) is 25.9 Å². The van der Waals surface area contributed by atoms with Gasteiger partial charge in [0.25, 0.3) is 0 Å². The van der Waals surface area contributed by atoms with Crippen LogP contribution in [0, 0.1) is 0 Å². The van der Waals surface area contributed by atoms with Crippen LogP contribution in [0.2, 0.25) is 0 Å². The molecule has 0 saturated carbocycles. The summed E-state index contributed by atoms with van der Waals surface area (Å²) in [4.78, 5) is 20.8. The average molecular weight is 452 g/mol. The minimum atomic E-state index is -0.310. The number of rotatable bonds is 6. The highest BCUT2D eigenvalue weighted by molar-refractivity contribution is 6.00. The Balaban J connectivity index is 0.00000289. The molecule has 164 valence electrons. The standard InChI is InChI=1S/C23H21N5O3.ClH/c1-30-20-12-18-19(13-21(20)31-2)24-14-25-22(18)26-16-8-10-17(11-9-16)28-23(29)27-15-6-4-3-5-7-15;/h3-14H,1-2H3,(H,24,25,26)(H2,27,28,29);1H. The quantitative estimate of drug-likeness (QED) is 0.360. The topological polar surface area (TPSA) is 97.4 Å². The van der Waals surface area contributed by atoms with Crippen molar-refractivity contribution in [1.82, 2.24) is 9.97 Å². The van der Waals surface area contributed by atoms with Gasteiger partial charge in [0.05, 0.1) is 19.7 Å². The highest BCUT2D eigenvalue weighted by Crippen LogP contribution is 2.34. The van der Waals surface area contributed by atoms with Crippen molar-refractivity contribution in [2.75, 3.05) is 30.2 Å². The van der Waals surface area contributed by atoms with E-state index in [1.807, 2.05) is 48.5 Å². The fourth-order valence-corrected chi connectivity index (χ4v) is 3.07. The zero-order chi connectivity index (χ0) is 21.6. The monoisotopic (exact) mass is 451 g/mol. The van der Waals surface area contributed by atoms with E-state index in [0.717, 1.165) is 22.3 Å². The van der Waals surface area contributed by atoms with Crippen LogP contribution < -0.4 is 25.4 Å². The summed E-state index contributed by atoms with van der Waals surface area (Å²) in [5.41, 5.74) is 2.92. The Hall–Kier alpha value is -4.04. The van der Waals surface area contributed by atoms with Gasteiger partial charge in [0.2, 0.25) is 0 Å². The second kappa shape index (κ2) is 10.3. The van der Waals surface area contributed by atoms with Gasteiger partial charge in [-0.05, 0) is 42.5 Å². The third kappa shape index (κ3) is 5.16. The molecule has 3 aromatic carbocycles. The number of ether oxygens (including phenoxy) is 2. The molecule has 0 atom stereocenters. The second-order valence-electron chi connectivity index (χ2n) is 6.59. The maximum Gasteiger partial charge on any atom is 0.323 e. The molecule has 0 bridgehead atoms. The number of anilines is 4. The molecule has 3 N–H and O–H groups in total. The van der Waals surface area contributed by atoms with Crippen LogP contribution in [-0.4, -0.2) is 30.2 Å². The van der Waals surface area contributed by atoms with E-state index >= 15 is 0 Å². The van der Waals surface area contributed by atoms with E-state index in [9.17, 15) is 4.79 Å². The molecule has 0 unspecified atom stereocenters. The Labute approximate surface area is 191 Å². The summed E-state index contributed by atoms with van der Waals surface area (Å²) in [6, 6.07) is 19.9. The number of hydrogen-bond donors (Lipinski definition) is 3. The van der Waals surface area contributed by atoms with Crippen LogP contribution in [0.1, 0.15) is 0 Å². The van der Waals surface area contributed by atoms with Crippen LogP contribution in [0.4, 0.5) is 27.7 Å². The van der Waals surface area contributed by atoms with E-state index in [-0.39, 0.29) is 18.4 Å². The molecule has 0 spiro atoms. The van der Waals surface area contributed by atoms with Gasteiger partial charge in [-0.1, -0.05) is 18.2 Å². The van der Waals surface area contributed by atoms with Crippen LogP contribution in [0.5, 0.6) is 11.5 Å². The molecule has 4 rings (SSSR count). The average Bonchev–Trinajstić information content (AvgIpc) is 2.80. The highest BCUT2D eigenvalue weighted by Gasteiger charge is 2.11. The minimum Gasteiger partial charge on any atom is -0.493 e. The lowest BCUT2D eigenvalue weighted by atomic mass is 10.2. The molecule has 1 aromatic heterocycles. The van der Waals surface area contributed by atoms with Gasteiger partial charge in [-0.15, -0.1) is 12.4 Å². The fraction of sp³-hybridized carbons (Fsp3) is 0.0870. The van der Waals surface area contributed by atoms with E-state index in [1.54, 1.807) is 32.4 Å². The van der Waals surface area contributed by atoms with Crippen molar-refractivity contribution in [3.05, 3.63) is 73.1 Å². The lowest BCUT2D eigenvalue weighted by molar-refractivity contribution is 0.262. The number of methoxy groups -OCH3 is 2. The first-order valence-corrected chi connectivity index (χ1v) is 9.53. The predicted molar refractivity (Wildman–Crippen MR) is 129 cm³/mol. The highest BCUT2D eigenvalue weighted by atomic mass is 35.5. The van der Waals surface area contributed by atoms with Crippen LogP contribution in [0.15, 0.2) is 73.1 Å². The van der Waals surface area contributed by atoms with Gasteiger partial charge >= 0.3 is 6.03 Å². The first-order chi connectivity index (χ1) is 15.2. The molecule has 0 fully saturated rings. The third-order valence-electron chi connectivity index (χ3n) is 4.58. The molecule has 1 heterocycles. The number of aromatic nitrogens is 2. The molecule has 9 heteroatoms. The van der Waals surface area contributed by atoms with Gasteiger partial charge < -0.3 is 25.4 Å². The molecule has 0 aliphatic carbocycles. The molecule has 2 amide bonds. The van der Waals surface area contributed by atoms with Crippen molar-refractivity contribution in [3.8, 4) is 11.5 Å². The van der Waals surface area contributed by atoms with Gasteiger partial charge in [0, 0.05) is 28.5 Å². The lowest BCUT2D eigenvalue weighted by Crippen LogP contribution is -2.19. The summed E-state index contributed by atoms with van der Waals surface area (Å²) in [6.45, 7) is 0. The number of hydrogen-bond acceptors (Lipinski definition) is 6. The Morgan fingerprint density at radius 3 is 2.03 bits per heavy atom.